The van der Waals surface area contributed by atoms with Crippen LogP contribution in [0.1, 0.15) is 38.6 Å². The summed E-state index contributed by atoms with van der Waals surface area (Å²) in [7, 11) is 0. The minimum atomic E-state index is 0.350. The van der Waals surface area contributed by atoms with Gasteiger partial charge in [-0.05, 0) is 33.2 Å². The van der Waals surface area contributed by atoms with Crippen molar-refractivity contribution < 1.29 is 4.42 Å². The van der Waals surface area contributed by atoms with Crippen molar-refractivity contribution in [3.05, 3.63) is 12.3 Å². The molecule has 72 valence electrons. The van der Waals surface area contributed by atoms with Gasteiger partial charge in [0.15, 0.2) is 0 Å². The van der Waals surface area contributed by atoms with Crippen LogP contribution >= 0.6 is 0 Å². The van der Waals surface area contributed by atoms with Crippen LogP contribution in [0.5, 0.6) is 0 Å². The molecule has 0 amide bonds. The summed E-state index contributed by atoms with van der Waals surface area (Å²) in [5.74, 6) is 0.770. The van der Waals surface area contributed by atoms with Gasteiger partial charge in [-0.15, -0.1) is 10.2 Å². The molecule has 0 saturated carbocycles. The summed E-state index contributed by atoms with van der Waals surface area (Å²) >= 11 is 0. The first-order valence-electron chi connectivity index (χ1n) is 4.81. The van der Waals surface area contributed by atoms with Gasteiger partial charge < -0.3 is 4.42 Å². The van der Waals surface area contributed by atoms with E-state index in [-0.39, 0.29) is 0 Å². The summed E-state index contributed by atoms with van der Waals surface area (Å²) < 4.78 is 5.23. The highest BCUT2D eigenvalue weighted by Gasteiger charge is 2.31. The first kappa shape index (κ1) is 8.69. The van der Waals surface area contributed by atoms with Gasteiger partial charge in [-0.1, -0.05) is 0 Å². The van der Waals surface area contributed by atoms with Gasteiger partial charge in [0.2, 0.25) is 12.3 Å². The Labute approximate surface area is 77.9 Å². The molecule has 13 heavy (non-hydrogen) atoms. The predicted molar refractivity (Wildman–Crippen MR) is 48.1 cm³/mol. The molecule has 2 rings (SSSR count). The van der Waals surface area contributed by atoms with Crippen molar-refractivity contribution >= 4 is 0 Å². The van der Waals surface area contributed by atoms with Crippen molar-refractivity contribution in [3.63, 3.8) is 0 Å². The Morgan fingerprint density at radius 2 is 2.46 bits per heavy atom. The third-order valence-corrected chi connectivity index (χ3v) is 2.62. The van der Waals surface area contributed by atoms with Crippen LogP contribution in [0.25, 0.3) is 0 Å². The Balaban J connectivity index is 2.14. The predicted octanol–water partition coefficient (Wildman–Crippen LogP) is 1.61. The van der Waals surface area contributed by atoms with Gasteiger partial charge in [-0.3, -0.25) is 4.90 Å². The van der Waals surface area contributed by atoms with Crippen LogP contribution < -0.4 is 0 Å². The Bertz CT molecular complexity index is 258. The van der Waals surface area contributed by atoms with Crippen molar-refractivity contribution in [3.8, 4) is 0 Å². The van der Waals surface area contributed by atoms with E-state index in [1.165, 1.54) is 12.8 Å². The molecule has 1 aliphatic rings. The monoisotopic (exact) mass is 181 g/mol. The molecule has 1 aliphatic heterocycles. The first-order chi connectivity index (χ1) is 6.29. The molecule has 0 spiro atoms. The third kappa shape index (κ3) is 1.58. The summed E-state index contributed by atoms with van der Waals surface area (Å²) in [6, 6.07) is 0.905. The molecular weight excluding hydrogens is 166 g/mol. The fourth-order valence-electron chi connectivity index (χ4n) is 2.00. The average Bonchev–Trinajstić information content (AvgIpc) is 2.74. The number of hydrogen-bond acceptors (Lipinski definition) is 4. The molecule has 1 aromatic rings. The topological polar surface area (TPSA) is 42.2 Å². The molecule has 0 radical (unpaired) electrons. The van der Waals surface area contributed by atoms with Crippen molar-refractivity contribution in [1.82, 2.24) is 15.1 Å². The highest BCUT2D eigenvalue weighted by atomic mass is 16.4. The Morgan fingerprint density at radius 3 is 3.08 bits per heavy atom. The van der Waals surface area contributed by atoms with E-state index in [9.17, 15) is 0 Å². The van der Waals surface area contributed by atoms with Crippen LogP contribution in [0.2, 0.25) is 0 Å². The lowest BCUT2D eigenvalue weighted by Gasteiger charge is -2.25. The molecule has 0 bridgehead atoms. The van der Waals surface area contributed by atoms with Crippen molar-refractivity contribution in [1.29, 1.82) is 0 Å². The molecule has 2 heterocycles. The molecule has 0 aliphatic carbocycles. The highest BCUT2D eigenvalue weighted by molar-refractivity contribution is 4.93. The fraction of sp³-hybridized carbons (Fsp3) is 0.778. The molecule has 1 fully saturated rings. The zero-order valence-electron chi connectivity index (χ0n) is 8.10. The molecule has 0 aromatic carbocycles. The molecule has 4 nitrogen and oxygen atoms in total. The quantitative estimate of drug-likeness (QED) is 0.695. The van der Waals surface area contributed by atoms with Gasteiger partial charge in [-0.2, -0.15) is 0 Å². The lowest BCUT2D eigenvalue weighted by Crippen LogP contribution is -2.30. The zero-order chi connectivity index (χ0) is 9.26. The number of likely N-dealkylation sites (tertiary alicyclic amines) is 1. The molecule has 1 saturated heterocycles. The van der Waals surface area contributed by atoms with E-state index in [0.29, 0.717) is 12.1 Å². The van der Waals surface area contributed by atoms with Crippen molar-refractivity contribution in [2.75, 3.05) is 6.54 Å². The SMILES string of the molecule is CC(C)N1CCC[C@@H]1c1nnco1. The van der Waals surface area contributed by atoms with Gasteiger partial charge in [0.25, 0.3) is 0 Å². The Hall–Kier alpha value is -0.900. The third-order valence-electron chi connectivity index (χ3n) is 2.62. The summed E-state index contributed by atoms with van der Waals surface area (Å²) in [5, 5.41) is 7.69. The summed E-state index contributed by atoms with van der Waals surface area (Å²) in [6.45, 7) is 5.55. The van der Waals surface area contributed by atoms with Crippen LogP contribution in [-0.4, -0.2) is 27.7 Å². The van der Waals surface area contributed by atoms with E-state index in [1.807, 2.05) is 0 Å². The van der Waals surface area contributed by atoms with Crippen LogP contribution in [0.3, 0.4) is 0 Å². The van der Waals surface area contributed by atoms with E-state index in [1.54, 1.807) is 0 Å². The zero-order valence-corrected chi connectivity index (χ0v) is 8.10. The Morgan fingerprint density at radius 1 is 1.62 bits per heavy atom. The standard InChI is InChI=1S/C9H15N3O/c1-7(2)12-5-3-4-8(12)9-11-10-6-13-9/h6-8H,3-5H2,1-2H3/t8-/m1/s1. The van der Waals surface area contributed by atoms with E-state index < -0.39 is 0 Å². The normalized spacial score (nSPS) is 24.4. The molecule has 1 aromatic heterocycles. The summed E-state index contributed by atoms with van der Waals surface area (Å²) in [4.78, 5) is 2.41. The lowest BCUT2D eigenvalue weighted by atomic mass is 10.2. The minimum absolute atomic E-state index is 0.350. The van der Waals surface area contributed by atoms with Gasteiger partial charge in [0, 0.05) is 6.04 Å². The molecule has 0 unspecified atom stereocenters. The number of hydrogen-bond donors (Lipinski definition) is 0. The number of rotatable bonds is 2. The second-order valence-electron chi connectivity index (χ2n) is 3.77. The van der Waals surface area contributed by atoms with E-state index in [0.717, 1.165) is 18.9 Å². The smallest absolute Gasteiger partial charge is 0.233 e. The molecular formula is C9H15N3O. The van der Waals surface area contributed by atoms with Gasteiger partial charge in [0.05, 0.1) is 6.04 Å². The van der Waals surface area contributed by atoms with Crippen LogP contribution in [0.15, 0.2) is 10.8 Å². The summed E-state index contributed by atoms with van der Waals surface area (Å²) in [6.07, 6.45) is 3.78. The van der Waals surface area contributed by atoms with E-state index >= 15 is 0 Å². The molecule has 1 atom stereocenters. The van der Waals surface area contributed by atoms with Crippen LogP contribution in [0, 0.1) is 0 Å². The minimum Gasteiger partial charge on any atom is -0.426 e. The second-order valence-corrected chi connectivity index (χ2v) is 3.77. The highest BCUT2D eigenvalue weighted by Crippen LogP contribution is 2.31. The number of aromatic nitrogens is 2. The Kier molecular flexibility index (Phi) is 2.31. The maximum absolute atomic E-state index is 5.23. The molecule has 4 heteroatoms. The van der Waals surface area contributed by atoms with Crippen LogP contribution in [0.4, 0.5) is 0 Å². The van der Waals surface area contributed by atoms with Crippen LogP contribution in [-0.2, 0) is 0 Å². The van der Waals surface area contributed by atoms with E-state index in [4.69, 9.17) is 4.42 Å². The molecule has 0 N–H and O–H groups in total. The number of nitrogens with zero attached hydrogens (tertiary/aromatic N) is 3. The largest absolute Gasteiger partial charge is 0.426 e. The fourth-order valence-corrected chi connectivity index (χ4v) is 2.00. The maximum Gasteiger partial charge on any atom is 0.233 e. The summed E-state index contributed by atoms with van der Waals surface area (Å²) in [5.41, 5.74) is 0. The average molecular weight is 181 g/mol. The van der Waals surface area contributed by atoms with Crippen molar-refractivity contribution in [2.45, 2.75) is 38.8 Å². The first-order valence-corrected chi connectivity index (χ1v) is 4.81. The lowest BCUT2D eigenvalue weighted by molar-refractivity contribution is 0.179. The maximum atomic E-state index is 5.23. The van der Waals surface area contributed by atoms with Crippen molar-refractivity contribution in [2.24, 2.45) is 0 Å². The van der Waals surface area contributed by atoms with Gasteiger partial charge in [-0.25, -0.2) is 0 Å². The second kappa shape index (κ2) is 3.46. The van der Waals surface area contributed by atoms with Gasteiger partial charge >= 0.3 is 0 Å². The van der Waals surface area contributed by atoms with E-state index in [2.05, 4.69) is 28.9 Å². The van der Waals surface area contributed by atoms with Gasteiger partial charge in [0.1, 0.15) is 0 Å².